The van der Waals surface area contributed by atoms with Crippen molar-refractivity contribution in [2.45, 2.75) is 59.0 Å². The van der Waals surface area contributed by atoms with Crippen molar-refractivity contribution in [2.24, 2.45) is 0 Å². The Hall–Kier alpha value is -1.05. The lowest BCUT2D eigenvalue weighted by molar-refractivity contribution is 0.420. The molecular formula is C15H24FN. The molecule has 0 saturated carbocycles. The van der Waals surface area contributed by atoms with Gasteiger partial charge in [0.15, 0.2) is 0 Å². The Labute approximate surface area is 105 Å². The van der Waals surface area contributed by atoms with Crippen molar-refractivity contribution < 1.29 is 4.39 Å². The minimum Gasteiger partial charge on any atom is -0.364 e. The van der Waals surface area contributed by atoms with Gasteiger partial charge in [0, 0.05) is 17.3 Å². The smallest absolute Gasteiger partial charge is 0.123 e. The van der Waals surface area contributed by atoms with E-state index < -0.39 is 0 Å². The van der Waals surface area contributed by atoms with Crippen LogP contribution < -0.4 is 4.90 Å². The molecule has 0 heterocycles. The Morgan fingerprint density at radius 3 is 1.88 bits per heavy atom. The summed E-state index contributed by atoms with van der Waals surface area (Å²) in [7, 11) is 0. The fourth-order valence-electron chi connectivity index (χ4n) is 2.40. The molecule has 0 aromatic heterocycles. The lowest BCUT2D eigenvalue weighted by Gasteiger charge is -2.43. The molecule has 0 aliphatic rings. The maximum Gasteiger partial charge on any atom is 0.123 e. The molecule has 0 radical (unpaired) electrons. The Morgan fingerprint density at radius 2 is 1.53 bits per heavy atom. The van der Waals surface area contributed by atoms with Crippen LogP contribution in [0.5, 0.6) is 0 Å². The van der Waals surface area contributed by atoms with E-state index in [4.69, 9.17) is 0 Å². The highest BCUT2D eigenvalue weighted by atomic mass is 19.1. The van der Waals surface area contributed by atoms with Crippen LogP contribution in [0, 0.1) is 5.82 Å². The molecule has 0 aliphatic carbocycles. The van der Waals surface area contributed by atoms with Crippen LogP contribution in [0.3, 0.4) is 0 Å². The molecule has 1 nitrogen and oxygen atoms in total. The first kappa shape index (κ1) is 14.0. The molecule has 0 spiro atoms. The molecule has 0 unspecified atom stereocenters. The van der Waals surface area contributed by atoms with Gasteiger partial charge in [0.2, 0.25) is 0 Å². The average Bonchev–Trinajstić information content (AvgIpc) is 2.26. The Balaban J connectivity index is 3.10. The van der Waals surface area contributed by atoms with E-state index in [2.05, 4.69) is 39.5 Å². The highest BCUT2D eigenvalue weighted by Crippen LogP contribution is 2.29. The van der Waals surface area contributed by atoms with Crippen molar-refractivity contribution in [1.82, 2.24) is 0 Å². The van der Waals surface area contributed by atoms with Crippen LogP contribution >= 0.6 is 0 Å². The molecule has 0 saturated heterocycles. The molecule has 2 heteroatoms. The van der Waals surface area contributed by atoms with E-state index in [-0.39, 0.29) is 11.4 Å². The number of halogens is 1. The number of hydrogen-bond acceptors (Lipinski definition) is 1. The quantitative estimate of drug-likeness (QED) is 0.738. The van der Waals surface area contributed by atoms with Crippen molar-refractivity contribution in [3.63, 3.8) is 0 Å². The highest BCUT2D eigenvalue weighted by molar-refractivity contribution is 5.49. The number of rotatable bonds is 4. The lowest BCUT2D eigenvalue weighted by Crippen LogP contribution is -2.48. The molecule has 0 bridgehead atoms. The third-order valence-corrected chi connectivity index (χ3v) is 3.14. The summed E-state index contributed by atoms with van der Waals surface area (Å²) in [5.41, 5.74) is 1.15. The maximum absolute atomic E-state index is 13.0. The van der Waals surface area contributed by atoms with Gasteiger partial charge in [-0.05, 0) is 57.9 Å². The summed E-state index contributed by atoms with van der Waals surface area (Å²) in [4.78, 5) is 2.40. The molecule has 17 heavy (non-hydrogen) atoms. The SMILES string of the molecule is CCC(CC)N(c1ccc(F)cc1)C(C)(C)C. The van der Waals surface area contributed by atoms with Gasteiger partial charge in [-0.15, -0.1) is 0 Å². The van der Waals surface area contributed by atoms with Gasteiger partial charge in [0.25, 0.3) is 0 Å². The minimum atomic E-state index is -0.174. The van der Waals surface area contributed by atoms with Crippen molar-refractivity contribution in [3.05, 3.63) is 30.1 Å². The van der Waals surface area contributed by atoms with E-state index in [1.807, 2.05) is 12.1 Å². The van der Waals surface area contributed by atoms with Crippen LogP contribution in [0.4, 0.5) is 10.1 Å². The normalized spacial score (nSPS) is 11.9. The molecule has 0 aliphatic heterocycles. The first-order chi connectivity index (χ1) is 7.90. The van der Waals surface area contributed by atoms with Crippen molar-refractivity contribution in [1.29, 1.82) is 0 Å². The summed E-state index contributed by atoms with van der Waals surface area (Å²) in [6.45, 7) is 11.0. The number of hydrogen-bond donors (Lipinski definition) is 0. The van der Waals surface area contributed by atoms with Crippen molar-refractivity contribution in [3.8, 4) is 0 Å². The van der Waals surface area contributed by atoms with Crippen LogP contribution in [0.15, 0.2) is 24.3 Å². The molecule has 1 rings (SSSR count). The van der Waals surface area contributed by atoms with E-state index in [0.29, 0.717) is 6.04 Å². The summed E-state index contributed by atoms with van der Waals surface area (Å²) in [5.74, 6) is -0.174. The molecular weight excluding hydrogens is 213 g/mol. The van der Waals surface area contributed by atoms with Gasteiger partial charge in [-0.25, -0.2) is 4.39 Å². The Bertz CT molecular complexity index is 333. The fraction of sp³-hybridized carbons (Fsp3) is 0.600. The Kier molecular flexibility index (Phi) is 4.55. The fourth-order valence-corrected chi connectivity index (χ4v) is 2.40. The molecule has 0 amide bonds. The van der Waals surface area contributed by atoms with E-state index in [0.717, 1.165) is 18.5 Å². The van der Waals surface area contributed by atoms with Crippen LogP contribution in [-0.2, 0) is 0 Å². The molecule has 0 atom stereocenters. The van der Waals surface area contributed by atoms with Gasteiger partial charge in [0.05, 0.1) is 0 Å². The van der Waals surface area contributed by atoms with Gasteiger partial charge >= 0.3 is 0 Å². The van der Waals surface area contributed by atoms with Gasteiger partial charge in [-0.2, -0.15) is 0 Å². The third kappa shape index (κ3) is 3.45. The second-order valence-corrected chi connectivity index (χ2v) is 5.49. The van der Waals surface area contributed by atoms with Gasteiger partial charge < -0.3 is 4.90 Å². The molecule has 0 N–H and O–H groups in total. The second kappa shape index (κ2) is 5.52. The van der Waals surface area contributed by atoms with Crippen LogP contribution in [-0.4, -0.2) is 11.6 Å². The summed E-state index contributed by atoms with van der Waals surface area (Å²) >= 11 is 0. The topological polar surface area (TPSA) is 3.24 Å². The predicted octanol–water partition coefficient (Wildman–Crippen LogP) is 4.62. The zero-order valence-electron chi connectivity index (χ0n) is 11.6. The summed E-state index contributed by atoms with van der Waals surface area (Å²) < 4.78 is 13.0. The number of nitrogens with zero attached hydrogens (tertiary/aromatic N) is 1. The summed E-state index contributed by atoms with van der Waals surface area (Å²) in [6, 6.07) is 7.32. The maximum atomic E-state index is 13.0. The van der Waals surface area contributed by atoms with E-state index in [9.17, 15) is 4.39 Å². The van der Waals surface area contributed by atoms with E-state index in [1.165, 1.54) is 12.1 Å². The third-order valence-electron chi connectivity index (χ3n) is 3.14. The predicted molar refractivity (Wildman–Crippen MR) is 73.0 cm³/mol. The second-order valence-electron chi connectivity index (χ2n) is 5.49. The van der Waals surface area contributed by atoms with Gasteiger partial charge in [-0.3, -0.25) is 0 Å². The van der Waals surface area contributed by atoms with Crippen molar-refractivity contribution in [2.75, 3.05) is 4.90 Å². The molecule has 1 aromatic carbocycles. The van der Waals surface area contributed by atoms with E-state index >= 15 is 0 Å². The molecule has 1 aromatic rings. The van der Waals surface area contributed by atoms with Crippen LogP contribution in [0.2, 0.25) is 0 Å². The van der Waals surface area contributed by atoms with Crippen LogP contribution in [0.1, 0.15) is 47.5 Å². The average molecular weight is 237 g/mol. The zero-order chi connectivity index (χ0) is 13.1. The standard InChI is InChI=1S/C15H24FN/c1-6-13(7-2)17(15(3,4)5)14-10-8-12(16)9-11-14/h8-11,13H,6-7H2,1-5H3. The minimum absolute atomic E-state index is 0.0501. The van der Waals surface area contributed by atoms with Crippen LogP contribution in [0.25, 0.3) is 0 Å². The summed E-state index contributed by atoms with van der Waals surface area (Å²) in [6.07, 6.45) is 2.20. The number of benzene rings is 1. The molecule has 0 fully saturated rings. The zero-order valence-corrected chi connectivity index (χ0v) is 11.6. The highest BCUT2D eigenvalue weighted by Gasteiger charge is 2.27. The monoisotopic (exact) mass is 237 g/mol. The van der Waals surface area contributed by atoms with Crippen molar-refractivity contribution >= 4 is 5.69 Å². The Morgan fingerprint density at radius 1 is 1.06 bits per heavy atom. The first-order valence-corrected chi connectivity index (χ1v) is 6.45. The summed E-state index contributed by atoms with van der Waals surface area (Å²) in [5, 5.41) is 0. The largest absolute Gasteiger partial charge is 0.364 e. The lowest BCUT2D eigenvalue weighted by atomic mass is 9.98. The molecule has 96 valence electrons. The van der Waals surface area contributed by atoms with Gasteiger partial charge in [0.1, 0.15) is 5.82 Å². The first-order valence-electron chi connectivity index (χ1n) is 6.45. The van der Waals surface area contributed by atoms with Gasteiger partial charge in [-0.1, -0.05) is 13.8 Å². The van der Waals surface area contributed by atoms with E-state index in [1.54, 1.807) is 0 Å². The number of anilines is 1.